The van der Waals surface area contributed by atoms with E-state index in [4.69, 9.17) is 9.47 Å². The van der Waals surface area contributed by atoms with Gasteiger partial charge in [0.1, 0.15) is 11.5 Å². The second-order valence-electron chi connectivity index (χ2n) is 11.4. The Hall–Kier alpha value is -6.26. The minimum absolute atomic E-state index is 0.837. The molecule has 0 atom stereocenters. The van der Waals surface area contributed by atoms with Crippen molar-refractivity contribution in [1.82, 2.24) is 0 Å². The van der Waals surface area contributed by atoms with Crippen LogP contribution in [0.25, 0.3) is 22.3 Å². The van der Waals surface area contributed by atoms with E-state index in [0.29, 0.717) is 0 Å². The highest BCUT2D eigenvalue weighted by Crippen LogP contribution is 2.38. The van der Waals surface area contributed by atoms with E-state index in [-0.39, 0.29) is 0 Å². The molecular weight excluding hydrogens is 588 g/mol. The average molecular weight is 625 g/mol. The molecular formula is C44H36N2O2. The van der Waals surface area contributed by atoms with Crippen LogP contribution in [0, 0.1) is 0 Å². The lowest BCUT2D eigenvalue weighted by Crippen LogP contribution is -2.09. The fourth-order valence-corrected chi connectivity index (χ4v) is 5.97. The number of benzene rings is 7. The molecule has 0 unspecified atom stereocenters. The van der Waals surface area contributed by atoms with Crippen LogP contribution in [0.1, 0.15) is 0 Å². The first-order chi connectivity index (χ1) is 23.7. The monoisotopic (exact) mass is 624 g/mol. The smallest absolute Gasteiger partial charge is 0.119 e. The second-order valence-corrected chi connectivity index (χ2v) is 11.4. The molecule has 7 aromatic rings. The zero-order chi connectivity index (χ0) is 32.7. The highest BCUT2D eigenvalue weighted by atomic mass is 16.5. The molecule has 0 aliphatic rings. The third kappa shape index (κ3) is 6.51. The maximum absolute atomic E-state index is 5.39. The molecule has 0 amide bonds. The van der Waals surface area contributed by atoms with E-state index in [2.05, 4.69) is 155 Å². The number of nitrogens with zero attached hydrogens (tertiary/aromatic N) is 2. The van der Waals surface area contributed by atoms with Crippen molar-refractivity contribution in [1.29, 1.82) is 0 Å². The Kier molecular flexibility index (Phi) is 8.88. The van der Waals surface area contributed by atoms with Crippen LogP contribution in [0.15, 0.2) is 182 Å². The molecule has 0 bridgehead atoms. The van der Waals surface area contributed by atoms with Gasteiger partial charge in [-0.15, -0.1) is 0 Å². The van der Waals surface area contributed by atoms with Gasteiger partial charge in [-0.1, -0.05) is 84.9 Å². The van der Waals surface area contributed by atoms with Crippen LogP contribution in [0.5, 0.6) is 11.5 Å². The summed E-state index contributed by atoms with van der Waals surface area (Å²) in [6.07, 6.45) is 0. The van der Waals surface area contributed by atoms with E-state index < -0.39 is 0 Å². The molecule has 0 aliphatic carbocycles. The fraction of sp³-hybridized carbons (Fsp3) is 0.0455. The summed E-state index contributed by atoms with van der Waals surface area (Å²) in [6.45, 7) is 0. The number of rotatable bonds is 10. The first-order valence-corrected chi connectivity index (χ1v) is 16.0. The van der Waals surface area contributed by atoms with E-state index >= 15 is 0 Å². The van der Waals surface area contributed by atoms with Crippen LogP contribution in [0.3, 0.4) is 0 Å². The highest BCUT2D eigenvalue weighted by Gasteiger charge is 2.14. The zero-order valence-corrected chi connectivity index (χ0v) is 27.0. The molecule has 0 aromatic heterocycles. The fourth-order valence-electron chi connectivity index (χ4n) is 5.97. The van der Waals surface area contributed by atoms with Crippen molar-refractivity contribution in [3.63, 3.8) is 0 Å². The van der Waals surface area contributed by atoms with Gasteiger partial charge in [0.15, 0.2) is 0 Å². The highest BCUT2D eigenvalue weighted by molar-refractivity contribution is 5.81. The number of ether oxygens (including phenoxy) is 2. The Bertz CT molecular complexity index is 1890. The molecule has 0 N–H and O–H groups in total. The Morgan fingerprint density at radius 1 is 0.271 bits per heavy atom. The molecule has 4 nitrogen and oxygen atoms in total. The average Bonchev–Trinajstić information content (AvgIpc) is 3.17. The first-order valence-electron chi connectivity index (χ1n) is 16.0. The van der Waals surface area contributed by atoms with Crippen LogP contribution >= 0.6 is 0 Å². The Balaban J connectivity index is 1.12. The number of para-hydroxylation sites is 2. The number of hydrogen-bond donors (Lipinski definition) is 0. The van der Waals surface area contributed by atoms with E-state index in [0.717, 1.165) is 45.6 Å². The summed E-state index contributed by atoms with van der Waals surface area (Å²) in [5.74, 6) is 1.67. The number of hydrogen-bond acceptors (Lipinski definition) is 4. The third-order valence-corrected chi connectivity index (χ3v) is 8.49. The van der Waals surface area contributed by atoms with Gasteiger partial charge in [-0.3, -0.25) is 0 Å². The minimum Gasteiger partial charge on any atom is -0.497 e. The van der Waals surface area contributed by atoms with Gasteiger partial charge in [-0.25, -0.2) is 0 Å². The van der Waals surface area contributed by atoms with Gasteiger partial charge >= 0.3 is 0 Å². The van der Waals surface area contributed by atoms with Crippen molar-refractivity contribution < 1.29 is 9.47 Å². The summed E-state index contributed by atoms with van der Waals surface area (Å²) in [6, 6.07) is 63.5. The second kappa shape index (κ2) is 14.0. The van der Waals surface area contributed by atoms with Crippen LogP contribution in [0.4, 0.5) is 34.1 Å². The minimum atomic E-state index is 0.837. The summed E-state index contributed by atoms with van der Waals surface area (Å²) in [4.78, 5) is 4.51. The predicted molar refractivity (Wildman–Crippen MR) is 200 cm³/mol. The van der Waals surface area contributed by atoms with Crippen LogP contribution in [-0.4, -0.2) is 14.2 Å². The molecule has 7 aromatic carbocycles. The normalized spacial score (nSPS) is 10.7. The third-order valence-electron chi connectivity index (χ3n) is 8.49. The van der Waals surface area contributed by atoms with Crippen molar-refractivity contribution in [2.24, 2.45) is 0 Å². The maximum Gasteiger partial charge on any atom is 0.119 e. The lowest BCUT2D eigenvalue weighted by atomic mass is 9.99. The molecule has 0 spiro atoms. The lowest BCUT2D eigenvalue weighted by molar-refractivity contribution is 0.414. The molecule has 0 aliphatic heterocycles. The van der Waals surface area contributed by atoms with Crippen LogP contribution < -0.4 is 19.3 Å². The zero-order valence-electron chi connectivity index (χ0n) is 27.0. The van der Waals surface area contributed by atoms with Gasteiger partial charge in [0.25, 0.3) is 0 Å². The number of methoxy groups -OCH3 is 2. The Labute approximate surface area is 282 Å². The SMILES string of the molecule is COc1ccc(N(c2ccccc2)c2ccc(-c3ccc(-c4ccc(N(c5ccccc5)c5ccc(OC)cc5)cc4)cc3)cc2)cc1. The van der Waals surface area contributed by atoms with E-state index in [1.165, 1.54) is 22.3 Å². The first kappa shape index (κ1) is 30.4. The predicted octanol–water partition coefficient (Wildman–Crippen LogP) is 12.0. The summed E-state index contributed by atoms with van der Waals surface area (Å²) in [5, 5.41) is 0. The molecule has 4 heteroatoms. The summed E-state index contributed by atoms with van der Waals surface area (Å²) >= 11 is 0. The molecule has 0 heterocycles. The molecule has 0 radical (unpaired) electrons. The molecule has 234 valence electrons. The van der Waals surface area contributed by atoms with Gasteiger partial charge < -0.3 is 19.3 Å². The summed E-state index contributed by atoms with van der Waals surface area (Å²) in [5.41, 5.74) is 11.2. The number of anilines is 6. The Morgan fingerprint density at radius 3 is 0.771 bits per heavy atom. The van der Waals surface area contributed by atoms with Crippen LogP contribution in [0.2, 0.25) is 0 Å². The van der Waals surface area contributed by atoms with Gasteiger partial charge in [-0.2, -0.15) is 0 Å². The van der Waals surface area contributed by atoms with Crippen molar-refractivity contribution in [2.75, 3.05) is 24.0 Å². The molecule has 48 heavy (non-hydrogen) atoms. The summed E-state index contributed by atoms with van der Waals surface area (Å²) in [7, 11) is 3.38. The van der Waals surface area contributed by atoms with Gasteiger partial charge in [-0.05, 0) is 119 Å². The van der Waals surface area contributed by atoms with Crippen molar-refractivity contribution in [2.45, 2.75) is 0 Å². The largest absolute Gasteiger partial charge is 0.497 e. The van der Waals surface area contributed by atoms with Crippen molar-refractivity contribution in [3.8, 4) is 33.8 Å². The van der Waals surface area contributed by atoms with Crippen molar-refractivity contribution in [3.05, 3.63) is 182 Å². The lowest BCUT2D eigenvalue weighted by Gasteiger charge is -2.26. The maximum atomic E-state index is 5.39. The van der Waals surface area contributed by atoms with Gasteiger partial charge in [0, 0.05) is 34.1 Å². The van der Waals surface area contributed by atoms with E-state index in [1.54, 1.807) is 14.2 Å². The molecule has 0 saturated carbocycles. The molecule has 7 rings (SSSR count). The quantitative estimate of drug-likeness (QED) is 0.151. The molecule has 0 fully saturated rings. The van der Waals surface area contributed by atoms with Gasteiger partial charge in [0.05, 0.1) is 14.2 Å². The van der Waals surface area contributed by atoms with Crippen LogP contribution in [-0.2, 0) is 0 Å². The molecule has 0 saturated heterocycles. The Morgan fingerprint density at radius 2 is 0.500 bits per heavy atom. The topological polar surface area (TPSA) is 24.9 Å². The van der Waals surface area contributed by atoms with Gasteiger partial charge in [0.2, 0.25) is 0 Å². The standard InChI is InChI=1S/C44H36N2O2/c1-47-43-29-25-41(26-30-43)45(37-9-5-3-6-10-37)39-21-17-35(18-22-39)33-13-15-34(16-14-33)36-19-23-40(24-20-36)46(38-11-7-4-8-12-38)42-27-31-44(48-2)32-28-42/h3-32H,1-2H3. The van der Waals surface area contributed by atoms with E-state index in [1.807, 2.05) is 36.4 Å². The summed E-state index contributed by atoms with van der Waals surface area (Å²) < 4.78 is 10.8. The van der Waals surface area contributed by atoms with Crippen molar-refractivity contribution >= 4 is 34.1 Å². The van der Waals surface area contributed by atoms with E-state index in [9.17, 15) is 0 Å².